The molecule has 0 aromatic heterocycles. The highest BCUT2D eigenvalue weighted by Gasteiger charge is 2.11. The van der Waals surface area contributed by atoms with E-state index in [1.807, 2.05) is 0 Å². The molecule has 0 aromatic carbocycles. The van der Waals surface area contributed by atoms with Crippen molar-refractivity contribution in [2.45, 2.75) is 58.3 Å². The van der Waals surface area contributed by atoms with Crippen LogP contribution in [0.2, 0.25) is 0 Å². The summed E-state index contributed by atoms with van der Waals surface area (Å²) >= 11 is 0. The van der Waals surface area contributed by atoms with E-state index in [0.29, 0.717) is 0 Å². The van der Waals surface area contributed by atoms with Gasteiger partial charge in [-0.25, -0.2) is 0 Å². The van der Waals surface area contributed by atoms with Crippen molar-refractivity contribution in [1.29, 1.82) is 0 Å². The fourth-order valence-electron chi connectivity index (χ4n) is 2.09. The lowest BCUT2D eigenvalue weighted by Gasteiger charge is -2.20. The van der Waals surface area contributed by atoms with Crippen LogP contribution in [-0.4, -0.2) is 0 Å². The highest BCUT2D eigenvalue weighted by molar-refractivity contribution is 4.67. The van der Waals surface area contributed by atoms with E-state index in [9.17, 15) is 0 Å². The fraction of sp³-hybridized carbons (Fsp3) is 0.909. The Balaban J connectivity index is 1.96. The molecule has 0 N–H and O–H groups in total. The minimum atomic E-state index is 1.09. The predicted octanol–water partition coefficient (Wildman–Crippen LogP) is 3.96. The summed E-state index contributed by atoms with van der Waals surface area (Å²) in [6.07, 6.45) is 14.1. The second-order valence-electron chi connectivity index (χ2n) is 3.84. The third-order valence-corrected chi connectivity index (χ3v) is 2.83. The van der Waals surface area contributed by atoms with E-state index in [2.05, 4.69) is 13.3 Å². The van der Waals surface area contributed by atoms with Gasteiger partial charge in [0, 0.05) is 0 Å². The molecule has 0 bridgehead atoms. The van der Waals surface area contributed by atoms with Crippen molar-refractivity contribution in [3.8, 4) is 0 Å². The zero-order valence-electron chi connectivity index (χ0n) is 7.81. The maximum Gasteiger partial charge on any atom is -0.0414 e. The van der Waals surface area contributed by atoms with Crippen molar-refractivity contribution < 1.29 is 0 Å². The summed E-state index contributed by atoms with van der Waals surface area (Å²) in [6, 6.07) is 0. The Hall–Kier alpha value is 0. The standard InChI is InChI=1S/C11H21/c1-2-3-5-8-11-9-6-4-7-10-11/h2,11H,3-10H2,1H3. The Labute approximate surface area is 71.4 Å². The first-order chi connectivity index (χ1) is 5.43. The van der Waals surface area contributed by atoms with Crippen LogP contribution in [0.15, 0.2) is 0 Å². The lowest BCUT2D eigenvalue weighted by atomic mass is 9.86. The van der Waals surface area contributed by atoms with Gasteiger partial charge in [0.25, 0.3) is 0 Å². The van der Waals surface area contributed by atoms with E-state index in [4.69, 9.17) is 0 Å². The smallest absolute Gasteiger partial charge is 0.0414 e. The van der Waals surface area contributed by atoms with Crippen LogP contribution in [0.5, 0.6) is 0 Å². The molecule has 1 rings (SSSR count). The highest BCUT2D eigenvalue weighted by atomic mass is 14.2. The summed E-state index contributed by atoms with van der Waals surface area (Å²) in [5.74, 6) is 1.09. The summed E-state index contributed by atoms with van der Waals surface area (Å²) in [5, 5.41) is 0. The van der Waals surface area contributed by atoms with E-state index in [1.165, 1.54) is 51.4 Å². The minimum absolute atomic E-state index is 1.09. The monoisotopic (exact) mass is 153 g/mol. The van der Waals surface area contributed by atoms with Gasteiger partial charge in [0.2, 0.25) is 0 Å². The average Bonchev–Trinajstić information content (AvgIpc) is 2.07. The van der Waals surface area contributed by atoms with Crippen LogP contribution in [0.3, 0.4) is 0 Å². The van der Waals surface area contributed by atoms with Crippen LogP contribution in [0.1, 0.15) is 58.3 Å². The Morgan fingerprint density at radius 2 is 1.91 bits per heavy atom. The molecule has 0 amide bonds. The largest absolute Gasteiger partial charge is 0.0623 e. The van der Waals surface area contributed by atoms with Gasteiger partial charge in [-0.2, -0.15) is 0 Å². The third-order valence-electron chi connectivity index (χ3n) is 2.83. The summed E-state index contributed by atoms with van der Waals surface area (Å²) in [6.45, 7) is 2.17. The Kier molecular flexibility index (Phi) is 4.65. The van der Waals surface area contributed by atoms with Gasteiger partial charge in [0.15, 0.2) is 0 Å². The van der Waals surface area contributed by atoms with Gasteiger partial charge in [0.1, 0.15) is 0 Å². The zero-order chi connectivity index (χ0) is 7.94. The molecule has 0 aliphatic heterocycles. The minimum Gasteiger partial charge on any atom is -0.0623 e. The predicted molar refractivity (Wildman–Crippen MR) is 50.4 cm³/mol. The fourth-order valence-corrected chi connectivity index (χ4v) is 2.09. The van der Waals surface area contributed by atoms with E-state index >= 15 is 0 Å². The molecule has 1 saturated carbocycles. The lowest BCUT2D eigenvalue weighted by molar-refractivity contribution is 0.332. The van der Waals surface area contributed by atoms with E-state index in [0.717, 1.165) is 5.92 Å². The summed E-state index contributed by atoms with van der Waals surface area (Å²) in [5.41, 5.74) is 0. The topological polar surface area (TPSA) is 0 Å². The van der Waals surface area contributed by atoms with Gasteiger partial charge < -0.3 is 0 Å². The molecule has 1 aliphatic rings. The van der Waals surface area contributed by atoms with Crippen LogP contribution >= 0.6 is 0 Å². The first kappa shape index (κ1) is 9.09. The van der Waals surface area contributed by atoms with Crippen molar-refractivity contribution in [2.24, 2.45) is 5.92 Å². The molecule has 0 heteroatoms. The van der Waals surface area contributed by atoms with Crippen LogP contribution in [0.4, 0.5) is 0 Å². The Morgan fingerprint density at radius 1 is 1.18 bits per heavy atom. The Bertz CT molecular complexity index is 80.0. The van der Waals surface area contributed by atoms with Crippen molar-refractivity contribution in [1.82, 2.24) is 0 Å². The van der Waals surface area contributed by atoms with E-state index in [1.54, 1.807) is 0 Å². The second kappa shape index (κ2) is 5.62. The van der Waals surface area contributed by atoms with Crippen LogP contribution in [0, 0.1) is 12.3 Å². The molecule has 1 fully saturated rings. The highest BCUT2D eigenvalue weighted by Crippen LogP contribution is 2.27. The van der Waals surface area contributed by atoms with E-state index in [-0.39, 0.29) is 0 Å². The molecule has 1 radical (unpaired) electrons. The SMILES string of the molecule is C[CH]CCCC1CCCCC1. The molecule has 0 spiro atoms. The molecule has 0 unspecified atom stereocenters. The third kappa shape index (κ3) is 3.79. The van der Waals surface area contributed by atoms with Crippen LogP contribution in [-0.2, 0) is 0 Å². The molecule has 0 nitrogen and oxygen atoms in total. The van der Waals surface area contributed by atoms with Gasteiger partial charge in [-0.05, 0) is 12.3 Å². The van der Waals surface area contributed by atoms with Crippen LogP contribution in [0.25, 0.3) is 0 Å². The molecular weight excluding hydrogens is 132 g/mol. The number of hydrogen-bond acceptors (Lipinski definition) is 0. The molecular formula is C11H21. The van der Waals surface area contributed by atoms with Gasteiger partial charge in [-0.1, -0.05) is 58.3 Å². The van der Waals surface area contributed by atoms with Crippen molar-refractivity contribution in [2.75, 3.05) is 0 Å². The maximum absolute atomic E-state index is 2.29. The quantitative estimate of drug-likeness (QED) is 0.536. The lowest BCUT2D eigenvalue weighted by Crippen LogP contribution is -2.05. The van der Waals surface area contributed by atoms with Crippen LogP contribution < -0.4 is 0 Å². The van der Waals surface area contributed by atoms with Crippen molar-refractivity contribution in [3.05, 3.63) is 6.42 Å². The molecule has 11 heavy (non-hydrogen) atoms. The average molecular weight is 153 g/mol. The number of rotatable bonds is 4. The Morgan fingerprint density at radius 3 is 2.55 bits per heavy atom. The van der Waals surface area contributed by atoms with E-state index < -0.39 is 0 Å². The first-order valence-corrected chi connectivity index (χ1v) is 5.21. The van der Waals surface area contributed by atoms with Crippen molar-refractivity contribution in [3.63, 3.8) is 0 Å². The van der Waals surface area contributed by atoms with Gasteiger partial charge in [0.05, 0.1) is 0 Å². The molecule has 65 valence electrons. The molecule has 0 aromatic rings. The van der Waals surface area contributed by atoms with Gasteiger partial charge >= 0.3 is 0 Å². The second-order valence-corrected chi connectivity index (χ2v) is 3.84. The van der Waals surface area contributed by atoms with Gasteiger partial charge in [-0.3, -0.25) is 0 Å². The summed E-state index contributed by atoms with van der Waals surface area (Å²) in [4.78, 5) is 0. The summed E-state index contributed by atoms with van der Waals surface area (Å²) < 4.78 is 0. The normalized spacial score (nSPS) is 20.5. The molecule has 0 heterocycles. The summed E-state index contributed by atoms with van der Waals surface area (Å²) in [7, 11) is 0. The molecule has 0 atom stereocenters. The number of hydrogen-bond donors (Lipinski definition) is 0. The zero-order valence-corrected chi connectivity index (χ0v) is 7.81. The maximum atomic E-state index is 2.29. The molecule has 1 aliphatic carbocycles. The first-order valence-electron chi connectivity index (χ1n) is 5.21. The number of unbranched alkanes of at least 4 members (excludes halogenated alkanes) is 2. The van der Waals surface area contributed by atoms with Gasteiger partial charge in [-0.15, -0.1) is 0 Å². The van der Waals surface area contributed by atoms with Crippen molar-refractivity contribution >= 4 is 0 Å². The molecule has 0 saturated heterocycles.